The lowest BCUT2D eigenvalue weighted by molar-refractivity contribution is -0.131. The van der Waals surface area contributed by atoms with Crippen LogP contribution in [0.15, 0.2) is 0 Å². The average Bonchev–Trinajstić information content (AvgIpc) is 2.81. The van der Waals surface area contributed by atoms with Crippen molar-refractivity contribution in [1.82, 2.24) is 4.90 Å². The lowest BCUT2D eigenvalue weighted by Gasteiger charge is -2.28. The zero-order valence-corrected chi connectivity index (χ0v) is 8.59. The summed E-state index contributed by atoms with van der Waals surface area (Å²) in [5.74, 6) is 0.309. The number of halogens is 1. The van der Waals surface area contributed by atoms with E-state index in [0.717, 1.165) is 0 Å². The van der Waals surface area contributed by atoms with Crippen LogP contribution in [-0.4, -0.2) is 28.8 Å². The van der Waals surface area contributed by atoms with Gasteiger partial charge in [0.15, 0.2) is 0 Å². The first-order chi connectivity index (χ1) is 6.33. The van der Waals surface area contributed by atoms with Crippen molar-refractivity contribution >= 4 is 17.5 Å². The molecule has 2 rings (SSSR count). The van der Waals surface area contributed by atoms with Gasteiger partial charge < -0.3 is 4.90 Å². The molecule has 0 heterocycles. The number of nitrogens with zero attached hydrogens (tertiary/aromatic N) is 1. The van der Waals surface area contributed by atoms with Crippen molar-refractivity contribution in [2.75, 3.05) is 5.88 Å². The molecule has 2 fully saturated rings. The van der Waals surface area contributed by atoms with E-state index in [1.807, 2.05) is 0 Å². The van der Waals surface area contributed by atoms with Gasteiger partial charge in [-0.2, -0.15) is 0 Å². The zero-order chi connectivity index (χ0) is 9.26. The Balaban J connectivity index is 1.99. The number of rotatable bonds is 3. The van der Waals surface area contributed by atoms with Gasteiger partial charge in [-0.05, 0) is 25.7 Å². The molecule has 2 saturated carbocycles. The van der Waals surface area contributed by atoms with E-state index >= 15 is 0 Å². The smallest absolute Gasteiger partial charge is 0.237 e. The van der Waals surface area contributed by atoms with Crippen LogP contribution in [0, 0.1) is 0 Å². The summed E-state index contributed by atoms with van der Waals surface area (Å²) < 4.78 is 0. The van der Waals surface area contributed by atoms with Gasteiger partial charge in [0.25, 0.3) is 0 Å². The van der Waals surface area contributed by atoms with E-state index in [1.165, 1.54) is 38.5 Å². The summed E-state index contributed by atoms with van der Waals surface area (Å²) in [7, 11) is 0. The molecule has 2 nitrogen and oxygen atoms in total. The maximum atomic E-state index is 11.6. The van der Waals surface area contributed by atoms with Crippen LogP contribution in [0.25, 0.3) is 0 Å². The highest BCUT2D eigenvalue weighted by Crippen LogP contribution is 2.34. The number of carbonyl (C=O) groups is 1. The summed E-state index contributed by atoms with van der Waals surface area (Å²) in [4.78, 5) is 13.6. The van der Waals surface area contributed by atoms with E-state index in [2.05, 4.69) is 4.90 Å². The zero-order valence-electron chi connectivity index (χ0n) is 7.84. The molecule has 0 N–H and O–H groups in total. The first-order valence-electron chi connectivity index (χ1n) is 5.20. The van der Waals surface area contributed by atoms with Crippen molar-refractivity contribution < 1.29 is 4.79 Å². The van der Waals surface area contributed by atoms with Crippen LogP contribution >= 0.6 is 11.6 Å². The third-order valence-corrected chi connectivity index (χ3v) is 3.29. The fraction of sp³-hybridized carbons (Fsp3) is 0.900. The Morgan fingerprint density at radius 3 is 2.15 bits per heavy atom. The lowest BCUT2D eigenvalue weighted by Crippen LogP contribution is -2.41. The van der Waals surface area contributed by atoms with Crippen molar-refractivity contribution in [1.29, 1.82) is 0 Å². The number of alkyl halides is 1. The quantitative estimate of drug-likeness (QED) is 0.641. The monoisotopic (exact) mass is 201 g/mol. The molecule has 2 aliphatic carbocycles. The van der Waals surface area contributed by atoms with Crippen molar-refractivity contribution in [3.8, 4) is 0 Å². The molecule has 3 heteroatoms. The standard InChI is InChI=1S/C10H16ClNO/c11-7-10(13)12(9-5-6-9)8-3-1-2-4-8/h8-9H,1-7H2. The molecule has 0 unspecified atom stereocenters. The second-order valence-corrected chi connectivity index (χ2v) is 4.37. The van der Waals surface area contributed by atoms with Crippen LogP contribution in [0.4, 0.5) is 0 Å². The summed E-state index contributed by atoms with van der Waals surface area (Å²) in [5.41, 5.74) is 0. The number of carbonyl (C=O) groups excluding carboxylic acids is 1. The molecular weight excluding hydrogens is 186 g/mol. The maximum absolute atomic E-state index is 11.6. The Bertz CT molecular complexity index is 197. The largest absolute Gasteiger partial charge is 0.336 e. The summed E-state index contributed by atoms with van der Waals surface area (Å²) in [6, 6.07) is 1.05. The molecule has 0 aliphatic heterocycles. The molecule has 0 saturated heterocycles. The molecule has 13 heavy (non-hydrogen) atoms. The predicted molar refractivity (Wildman–Crippen MR) is 52.8 cm³/mol. The fourth-order valence-electron chi connectivity index (χ4n) is 2.31. The van der Waals surface area contributed by atoms with Gasteiger partial charge in [0.2, 0.25) is 5.91 Å². The Morgan fingerprint density at radius 1 is 1.15 bits per heavy atom. The Morgan fingerprint density at radius 2 is 1.69 bits per heavy atom. The number of amides is 1. The fourth-order valence-corrected chi connectivity index (χ4v) is 2.45. The highest BCUT2D eigenvalue weighted by Gasteiger charge is 2.37. The molecule has 0 bridgehead atoms. The van der Waals surface area contributed by atoms with Crippen LogP contribution in [0.1, 0.15) is 38.5 Å². The topological polar surface area (TPSA) is 20.3 Å². The van der Waals surface area contributed by atoms with Gasteiger partial charge in [-0.25, -0.2) is 0 Å². The Kier molecular flexibility index (Phi) is 2.77. The molecular formula is C10H16ClNO. The minimum absolute atomic E-state index is 0.149. The first kappa shape index (κ1) is 9.32. The van der Waals surface area contributed by atoms with Crippen molar-refractivity contribution in [3.05, 3.63) is 0 Å². The van der Waals surface area contributed by atoms with Crippen molar-refractivity contribution in [2.45, 2.75) is 50.6 Å². The summed E-state index contributed by atoms with van der Waals surface area (Å²) in [6.45, 7) is 0. The van der Waals surface area contributed by atoms with Gasteiger partial charge in [-0.3, -0.25) is 4.79 Å². The normalized spacial score (nSPS) is 23.5. The third kappa shape index (κ3) is 1.98. The average molecular weight is 202 g/mol. The maximum Gasteiger partial charge on any atom is 0.237 e. The summed E-state index contributed by atoms with van der Waals surface area (Å²) in [5, 5.41) is 0. The minimum atomic E-state index is 0.149. The molecule has 0 aromatic heterocycles. The van der Waals surface area contributed by atoms with Gasteiger partial charge in [-0.15, -0.1) is 11.6 Å². The van der Waals surface area contributed by atoms with Crippen LogP contribution in [0.3, 0.4) is 0 Å². The molecule has 0 spiro atoms. The minimum Gasteiger partial charge on any atom is -0.336 e. The summed E-state index contributed by atoms with van der Waals surface area (Å²) in [6.07, 6.45) is 7.34. The van der Waals surface area contributed by atoms with Crippen molar-refractivity contribution in [2.24, 2.45) is 0 Å². The highest BCUT2D eigenvalue weighted by molar-refractivity contribution is 6.27. The second-order valence-electron chi connectivity index (χ2n) is 4.10. The molecule has 0 aromatic rings. The van der Waals surface area contributed by atoms with E-state index in [1.54, 1.807) is 0 Å². The molecule has 0 radical (unpaired) electrons. The van der Waals surface area contributed by atoms with Crippen LogP contribution in [0.5, 0.6) is 0 Å². The van der Waals surface area contributed by atoms with Gasteiger partial charge in [0.05, 0.1) is 0 Å². The number of hydrogen-bond donors (Lipinski definition) is 0. The Hall–Kier alpha value is -0.240. The van der Waals surface area contributed by atoms with Crippen LogP contribution < -0.4 is 0 Å². The predicted octanol–water partition coefficient (Wildman–Crippen LogP) is 2.16. The third-order valence-electron chi connectivity index (χ3n) is 3.06. The second kappa shape index (κ2) is 3.87. The molecule has 1 amide bonds. The summed E-state index contributed by atoms with van der Waals surface area (Å²) >= 11 is 5.61. The van der Waals surface area contributed by atoms with Gasteiger partial charge in [0.1, 0.15) is 5.88 Å². The van der Waals surface area contributed by atoms with Gasteiger partial charge in [0, 0.05) is 12.1 Å². The van der Waals surface area contributed by atoms with Gasteiger partial charge >= 0.3 is 0 Å². The molecule has 74 valence electrons. The molecule has 0 atom stereocenters. The molecule has 2 aliphatic rings. The molecule has 0 aromatic carbocycles. The van der Waals surface area contributed by atoms with E-state index in [-0.39, 0.29) is 11.8 Å². The van der Waals surface area contributed by atoms with Crippen molar-refractivity contribution in [3.63, 3.8) is 0 Å². The van der Waals surface area contributed by atoms with E-state index in [9.17, 15) is 4.79 Å². The lowest BCUT2D eigenvalue weighted by atomic mass is 10.2. The van der Waals surface area contributed by atoms with E-state index in [4.69, 9.17) is 11.6 Å². The van der Waals surface area contributed by atoms with Gasteiger partial charge in [-0.1, -0.05) is 12.8 Å². The first-order valence-corrected chi connectivity index (χ1v) is 5.73. The van der Waals surface area contributed by atoms with E-state index < -0.39 is 0 Å². The van der Waals surface area contributed by atoms with E-state index in [0.29, 0.717) is 12.1 Å². The number of hydrogen-bond acceptors (Lipinski definition) is 1. The highest BCUT2D eigenvalue weighted by atomic mass is 35.5. The SMILES string of the molecule is O=C(CCl)N(C1CCCC1)C1CC1. The Labute approximate surface area is 84.2 Å². The van der Waals surface area contributed by atoms with Crippen LogP contribution in [0.2, 0.25) is 0 Å². The van der Waals surface area contributed by atoms with Crippen LogP contribution in [-0.2, 0) is 4.79 Å².